The molecule has 1 rings (SSSR count). The van der Waals surface area contributed by atoms with Gasteiger partial charge in [0.25, 0.3) is 0 Å². The number of rotatable bonds is 7. The van der Waals surface area contributed by atoms with Crippen LogP contribution < -0.4 is 10.6 Å². The molecule has 0 saturated carbocycles. The van der Waals surface area contributed by atoms with Crippen LogP contribution >= 0.6 is 15.9 Å². The summed E-state index contributed by atoms with van der Waals surface area (Å²) in [6.45, 7) is 6.48. The highest BCUT2D eigenvalue weighted by molar-refractivity contribution is 9.11. The van der Waals surface area contributed by atoms with Gasteiger partial charge in [0.1, 0.15) is 0 Å². The summed E-state index contributed by atoms with van der Waals surface area (Å²) in [7, 11) is 0. The van der Waals surface area contributed by atoms with Crippen molar-refractivity contribution in [2.45, 2.75) is 13.3 Å². The Morgan fingerprint density at radius 2 is 2.06 bits per heavy atom. The second-order valence-electron chi connectivity index (χ2n) is 3.91. The number of nitrogens with one attached hydrogen (secondary N) is 2. The molecule has 0 heterocycles. The van der Waals surface area contributed by atoms with Gasteiger partial charge in [0.15, 0.2) is 0 Å². The van der Waals surface area contributed by atoms with Crippen LogP contribution in [0.4, 0.5) is 0 Å². The van der Waals surface area contributed by atoms with Crippen molar-refractivity contribution >= 4 is 15.9 Å². The van der Waals surface area contributed by atoms with E-state index in [1.807, 2.05) is 12.3 Å². The normalized spacial score (nSPS) is 12.9. The van der Waals surface area contributed by atoms with E-state index < -0.39 is 0 Å². The third kappa shape index (κ3) is 5.59. The van der Waals surface area contributed by atoms with E-state index in [1.54, 1.807) is 6.20 Å². The second-order valence-corrected chi connectivity index (χ2v) is 4.82. The van der Waals surface area contributed by atoms with Crippen molar-refractivity contribution in [2.75, 3.05) is 6.67 Å². The van der Waals surface area contributed by atoms with Crippen molar-refractivity contribution in [3.05, 3.63) is 59.4 Å². The smallest absolute Gasteiger partial charge is 0.0840 e. The lowest BCUT2D eigenvalue weighted by atomic mass is 10.0. The lowest BCUT2D eigenvalue weighted by Gasteiger charge is -2.11. The first kappa shape index (κ1) is 13.8. The molecule has 2 nitrogen and oxygen atoms in total. The maximum Gasteiger partial charge on any atom is 0.0840 e. The predicted molar refractivity (Wildman–Crippen MR) is 77.7 cm³/mol. The maximum atomic E-state index is 3.60. The maximum absolute atomic E-state index is 3.60. The molecule has 1 aromatic carbocycles. The minimum Gasteiger partial charge on any atom is -0.374 e. The van der Waals surface area contributed by atoms with Gasteiger partial charge in [0.2, 0.25) is 0 Å². The van der Waals surface area contributed by atoms with E-state index in [0.717, 1.165) is 6.42 Å². The number of benzene rings is 1. The number of halogens is 1. The topological polar surface area (TPSA) is 24.1 Å². The van der Waals surface area contributed by atoms with Gasteiger partial charge < -0.3 is 10.6 Å². The van der Waals surface area contributed by atoms with Gasteiger partial charge in [0, 0.05) is 10.7 Å². The Morgan fingerprint density at radius 3 is 2.71 bits per heavy atom. The Balaban J connectivity index is 2.41. The summed E-state index contributed by atoms with van der Waals surface area (Å²) in [6, 6.07) is 10.5. The van der Waals surface area contributed by atoms with Crippen molar-refractivity contribution in [2.24, 2.45) is 5.92 Å². The summed E-state index contributed by atoms with van der Waals surface area (Å²) in [4.78, 5) is 0. The van der Waals surface area contributed by atoms with Gasteiger partial charge in [-0.25, -0.2) is 0 Å². The number of hydrogen-bond acceptors (Lipinski definition) is 2. The molecule has 0 aliphatic rings. The first-order valence-corrected chi connectivity index (χ1v) is 6.50. The van der Waals surface area contributed by atoms with Crippen molar-refractivity contribution < 1.29 is 0 Å². The molecular weight excluding hydrogens is 276 g/mol. The molecule has 1 unspecified atom stereocenters. The molecular formula is C14H19BrN2. The molecule has 0 amide bonds. The fourth-order valence-electron chi connectivity index (χ4n) is 1.49. The third-order valence-electron chi connectivity index (χ3n) is 2.44. The zero-order valence-corrected chi connectivity index (χ0v) is 11.7. The fraction of sp³-hybridized carbons (Fsp3) is 0.286. The molecule has 3 heteroatoms. The highest BCUT2D eigenvalue weighted by atomic mass is 79.9. The largest absolute Gasteiger partial charge is 0.374 e. The van der Waals surface area contributed by atoms with E-state index >= 15 is 0 Å². The zero-order valence-electron chi connectivity index (χ0n) is 10.1. The first-order valence-electron chi connectivity index (χ1n) is 5.71. The van der Waals surface area contributed by atoms with Crippen LogP contribution in [-0.4, -0.2) is 6.67 Å². The van der Waals surface area contributed by atoms with Crippen LogP contribution in [0.1, 0.15) is 12.5 Å². The summed E-state index contributed by atoms with van der Waals surface area (Å²) in [5.41, 5.74) is 1.36. The SMILES string of the molecule is C=CNCN/C=C(/Br)C(C)Cc1ccccc1. The Labute approximate surface area is 112 Å². The molecule has 0 spiro atoms. The van der Waals surface area contributed by atoms with Gasteiger partial charge in [0.05, 0.1) is 6.67 Å². The molecule has 0 aliphatic carbocycles. The van der Waals surface area contributed by atoms with E-state index in [2.05, 4.69) is 64.3 Å². The lowest BCUT2D eigenvalue weighted by Crippen LogP contribution is -2.20. The molecule has 0 fully saturated rings. The van der Waals surface area contributed by atoms with Gasteiger partial charge in [-0.05, 0) is 24.1 Å². The van der Waals surface area contributed by atoms with Gasteiger partial charge in [-0.2, -0.15) is 0 Å². The molecule has 0 aromatic heterocycles. The Morgan fingerprint density at radius 1 is 1.35 bits per heavy atom. The quantitative estimate of drug-likeness (QED) is 0.595. The van der Waals surface area contributed by atoms with Gasteiger partial charge in [-0.1, -0.05) is 59.8 Å². The van der Waals surface area contributed by atoms with Crippen LogP contribution in [0, 0.1) is 5.92 Å². The molecule has 17 heavy (non-hydrogen) atoms. The van der Waals surface area contributed by atoms with E-state index in [4.69, 9.17) is 0 Å². The van der Waals surface area contributed by atoms with Gasteiger partial charge in [-0.3, -0.25) is 0 Å². The molecule has 1 aromatic rings. The van der Waals surface area contributed by atoms with Gasteiger partial charge >= 0.3 is 0 Å². The van der Waals surface area contributed by atoms with E-state index in [9.17, 15) is 0 Å². The molecule has 0 radical (unpaired) electrons. The summed E-state index contributed by atoms with van der Waals surface area (Å²) in [5.74, 6) is 0.466. The second kappa shape index (κ2) is 7.96. The van der Waals surface area contributed by atoms with Crippen LogP contribution in [0.2, 0.25) is 0 Å². The van der Waals surface area contributed by atoms with Crippen molar-refractivity contribution in [3.63, 3.8) is 0 Å². The van der Waals surface area contributed by atoms with Crippen LogP contribution in [0.15, 0.2) is 53.8 Å². The summed E-state index contributed by atoms with van der Waals surface area (Å²) < 4.78 is 1.17. The molecule has 1 atom stereocenters. The van der Waals surface area contributed by atoms with Crippen LogP contribution in [-0.2, 0) is 6.42 Å². The van der Waals surface area contributed by atoms with Crippen LogP contribution in [0.25, 0.3) is 0 Å². The number of hydrogen-bond donors (Lipinski definition) is 2. The standard InChI is InChI=1S/C14H19BrN2/c1-3-16-11-17-10-14(15)12(2)9-13-7-5-4-6-8-13/h3-8,10,12,16-17H,1,9,11H2,2H3/b14-10+. The molecule has 2 N–H and O–H groups in total. The average Bonchev–Trinajstić information content (AvgIpc) is 2.35. The molecule has 92 valence electrons. The van der Waals surface area contributed by atoms with Gasteiger partial charge in [-0.15, -0.1) is 0 Å². The average molecular weight is 295 g/mol. The van der Waals surface area contributed by atoms with Crippen molar-refractivity contribution in [3.8, 4) is 0 Å². The Bertz CT molecular complexity index is 360. The molecule has 0 saturated heterocycles. The monoisotopic (exact) mass is 294 g/mol. The summed E-state index contributed by atoms with van der Waals surface area (Å²) >= 11 is 3.60. The highest BCUT2D eigenvalue weighted by Crippen LogP contribution is 2.20. The fourth-order valence-corrected chi connectivity index (χ4v) is 1.81. The minimum absolute atomic E-state index is 0.466. The van der Waals surface area contributed by atoms with E-state index in [-0.39, 0.29) is 0 Å². The highest BCUT2D eigenvalue weighted by Gasteiger charge is 2.06. The molecule has 0 aliphatic heterocycles. The zero-order chi connectivity index (χ0) is 12.5. The van der Waals surface area contributed by atoms with Crippen molar-refractivity contribution in [1.29, 1.82) is 0 Å². The Kier molecular flexibility index (Phi) is 6.48. The van der Waals surface area contributed by atoms with Crippen LogP contribution in [0.3, 0.4) is 0 Å². The van der Waals surface area contributed by atoms with E-state index in [1.165, 1.54) is 10.0 Å². The lowest BCUT2D eigenvalue weighted by molar-refractivity contribution is 0.697. The molecule has 0 bridgehead atoms. The summed E-state index contributed by atoms with van der Waals surface area (Å²) in [6.07, 6.45) is 4.70. The number of allylic oxidation sites excluding steroid dienone is 1. The first-order chi connectivity index (χ1) is 8.24. The van der Waals surface area contributed by atoms with Crippen molar-refractivity contribution in [1.82, 2.24) is 10.6 Å². The Hall–Kier alpha value is -1.22. The van der Waals surface area contributed by atoms with Crippen LogP contribution in [0.5, 0.6) is 0 Å². The predicted octanol–water partition coefficient (Wildman–Crippen LogP) is 3.38. The van der Waals surface area contributed by atoms with E-state index in [0.29, 0.717) is 12.6 Å². The minimum atomic E-state index is 0.466. The third-order valence-corrected chi connectivity index (χ3v) is 3.45. The summed E-state index contributed by atoms with van der Waals surface area (Å²) in [5, 5.41) is 6.14.